The Morgan fingerprint density at radius 1 is 0.903 bits per heavy atom. The maximum atomic E-state index is 12.5. The summed E-state index contributed by atoms with van der Waals surface area (Å²) in [6.07, 6.45) is 3.90. The number of carbonyl (C=O) groups excluding carboxylic acids is 2. The van der Waals surface area contributed by atoms with Crippen LogP contribution in [0.4, 0.5) is 17.1 Å². The molecule has 0 saturated heterocycles. The van der Waals surface area contributed by atoms with Gasteiger partial charge in [-0.25, -0.2) is 8.42 Å². The summed E-state index contributed by atoms with van der Waals surface area (Å²) in [6.45, 7) is 0. The third-order valence-corrected chi connectivity index (χ3v) is 5.28. The van der Waals surface area contributed by atoms with E-state index in [4.69, 9.17) is 0 Å². The molecule has 0 aliphatic rings. The van der Waals surface area contributed by atoms with E-state index < -0.39 is 37.2 Å². The van der Waals surface area contributed by atoms with Gasteiger partial charge in [-0.15, -0.1) is 0 Å². The van der Waals surface area contributed by atoms with Crippen molar-refractivity contribution in [3.63, 3.8) is 0 Å². The molecule has 2 amide bonds. The monoisotopic (exact) mass is 440 g/mol. The van der Waals surface area contributed by atoms with E-state index in [1.54, 1.807) is 30.3 Å². The number of hydrogen-bond donors (Lipinski definition) is 2. The van der Waals surface area contributed by atoms with Crippen LogP contribution in [0.2, 0.25) is 0 Å². The van der Waals surface area contributed by atoms with Gasteiger partial charge in [0.2, 0.25) is 0 Å². The van der Waals surface area contributed by atoms with Crippen LogP contribution >= 0.6 is 0 Å². The van der Waals surface area contributed by atoms with Gasteiger partial charge in [0, 0.05) is 47.2 Å². The Balaban J connectivity index is 1.81. The number of nitrogens with zero attached hydrogens (tertiary/aromatic N) is 2. The second-order valence-electron chi connectivity index (χ2n) is 6.44. The number of carbonyl (C=O) groups is 2. The Hall–Kier alpha value is -4.12. The Kier molecular flexibility index (Phi) is 6.07. The van der Waals surface area contributed by atoms with Gasteiger partial charge in [-0.05, 0) is 42.5 Å². The molecule has 0 saturated carbocycles. The number of amides is 2. The predicted octanol–water partition coefficient (Wildman–Crippen LogP) is 2.90. The van der Waals surface area contributed by atoms with Crippen molar-refractivity contribution < 1.29 is 22.9 Å². The lowest BCUT2D eigenvalue weighted by atomic mass is 10.1. The Bertz CT molecular complexity index is 1280. The molecule has 3 rings (SSSR count). The molecule has 0 unspecified atom stereocenters. The number of nitrogens with one attached hydrogen (secondary N) is 2. The van der Waals surface area contributed by atoms with Gasteiger partial charge in [0.15, 0.2) is 9.84 Å². The van der Waals surface area contributed by atoms with Crippen LogP contribution in [0.1, 0.15) is 20.7 Å². The summed E-state index contributed by atoms with van der Waals surface area (Å²) in [7, 11) is -3.84. The molecule has 11 heteroatoms. The van der Waals surface area contributed by atoms with Crippen molar-refractivity contribution in [1.82, 2.24) is 4.98 Å². The lowest BCUT2D eigenvalue weighted by Crippen LogP contribution is -2.15. The molecule has 2 aromatic carbocycles. The van der Waals surface area contributed by atoms with Crippen molar-refractivity contribution in [2.24, 2.45) is 0 Å². The molecule has 2 N–H and O–H groups in total. The van der Waals surface area contributed by atoms with Crippen molar-refractivity contribution in [3.8, 4) is 0 Å². The lowest BCUT2D eigenvalue weighted by molar-refractivity contribution is -0.387. The number of rotatable bonds is 6. The molecule has 158 valence electrons. The average Bonchev–Trinajstić information content (AvgIpc) is 2.73. The third kappa shape index (κ3) is 5.28. The minimum Gasteiger partial charge on any atom is -0.322 e. The van der Waals surface area contributed by atoms with E-state index >= 15 is 0 Å². The number of nitro groups is 1. The molecule has 0 bridgehead atoms. The summed E-state index contributed by atoms with van der Waals surface area (Å²) in [5.74, 6) is -1.11. The Morgan fingerprint density at radius 2 is 1.52 bits per heavy atom. The fourth-order valence-electron chi connectivity index (χ4n) is 2.69. The number of hydrogen-bond acceptors (Lipinski definition) is 7. The van der Waals surface area contributed by atoms with Crippen molar-refractivity contribution >= 4 is 38.7 Å². The summed E-state index contributed by atoms with van der Waals surface area (Å²) in [5.41, 5.74) is 0.300. The molecule has 1 aromatic heterocycles. The van der Waals surface area contributed by atoms with Gasteiger partial charge in [0.1, 0.15) is 4.90 Å². The molecule has 10 nitrogen and oxygen atoms in total. The highest BCUT2D eigenvalue weighted by molar-refractivity contribution is 7.90. The first kappa shape index (κ1) is 21.6. The second-order valence-corrected chi connectivity index (χ2v) is 8.42. The lowest BCUT2D eigenvalue weighted by Gasteiger charge is -2.09. The molecule has 0 fully saturated rings. The molecular formula is C20H16N4O6S. The first-order chi connectivity index (χ1) is 14.6. The van der Waals surface area contributed by atoms with Crippen LogP contribution in [0.25, 0.3) is 0 Å². The van der Waals surface area contributed by atoms with Crippen molar-refractivity contribution in [1.29, 1.82) is 0 Å². The number of aromatic nitrogens is 1. The van der Waals surface area contributed by atoms with E-state index in [1.807, 2.05) is 0 Å². The largest absolute Gasteiger partial charge is 0.322 e. The van der Waals surface area contributed by atoms with Gasteiger partial charge in [0.05, 0.1) is 4.92 Å². The van der Waals surface area contributed by atoms with E-state index in [1.165, 1.54) is 24.5 Å². The van der Waals surface area contributed by atoms with E-state index in [0.29, 0.717) is 5.69 Å². The summed E-state index contributed by atoms with van der Waals surface area (Å²) >= 11 is 0. The molecule has 0 aliphatic heterocycles. The fourth-order valence-corrected chi connectivity index (χ4v) is 3.52. The van der Waals surface area contributed by atoms with Crippen LogP contribution in [0.3, 0.4) is 0 Å². The second kappa shape index (κ2) is 8.71. The molecule has 0 radical (unpaired) electrons. The first-order valence-corrected chi connectivity index (χ1v) is 10.7. The zero-order valence-electron chi connectivity index (χ0n) is 16.1. The molecular weight excluding hydrogens is 424 g/mol. The maximum absolute atomic E-state index is 12.5. The molecule has 0 spiro atoms. The van der Waals surface area contributed by atoms with E-state index in [-0.39, 0.29) is 16.8 Å². The van der Waals surface area contributed by atoms with Gasteiger partial charge in [0.25, 0.3) is 17.5 Å². The van der Waals surface area contributed by atoms with Gasteiger partial charge in [-0.3, -0.25) is 24.7 Å². The van der Waals surface area contributed by atoms with Crippen LogP contribution < -0.4 is 10.6 Å². The molecule has 0 aliphatic carbocycles. The van der Waals surface area contributed by atoms with E-state index in [0.717, 1.165) is 18.4 Å². The van der Waals surface area contributed by atoms with Crippen molar-refractivity contribution in [2.75, 3.05) is 16.9 Å². The van der Waals surface area contributed by atoms with Crippen molar-refractivity contribution in [2.45, 2.75) is 4.90 Å². The predicted molar refractivity (Wildman–Crippen MR) is 113 cm³/mol. The topological polar surface area (TPSA) is 148 Å². The van der Waals surface area contributed by atoms with E-state index in [9.17, 15) is 28.1 Å². The number of nitro benzene ring substituents is 1. The standard InChI is InChI=1S/C20H16N4O6S/c1-31(29,30)18-6-5-14(12-17(18)24(27)28)20(26)23-16-4-2-3-13(11-16)19(25)22-15-7-9-21-10-8-15/h2-12H,1H3,(H,23,26)(H,21,22,25). The van der Waals surface area contributed by atoms with Crippen LogP contribution in [0, 0.1) is 10.1 Å². The zero-order chi connectivity index (χ0) is 22.6. The number of pyridine rings is 1. The first-order valence-electron chi connectivity index (χ1n) is 8.76. The summed E-state index contributed by atoms with van der Waals surface area (Å²) in [5, 5.41) is 16.5. The smallest absolute Gasteiger partial charge is 0.288 e. The Morgan fingerprint density at radius 3 is 2.13 bits per heavy atom. The summed E-state index contributed by atoms with van der Waals surface area (Å²) in [6, 6.07) is 12.4. The third-order valence-electron chi connectivity index (χ3n) is 4.14. The Labute approximate surface area is 177 Å². The number of benzene rings is 2. The van der Waals surface area contributed by atoms with Gasteiger partial charge < -0.3 is 10.6 Å². The normalized spacial score (nSPS) is 10.9. The zero-order valence-corrected chi connectivity index (χ0v) is 16.9. The number of anilines is 2. The quantitative estimate of drug-likeness (QED) is 0.442. The highest BCUT2D eigenvalue weighted by atomic mass is 32.2. The van der Waals surface area contributed by atoms with Crippen LogP contribution in [0.15, 0.2) is 71.9 Å². The van der Waals surface area contributed by atoms with Gasteiger partial charge >= 0.3 is 0 Å². The summed E-state index contributed by atoms with van der Waals surface area (Å²) in [4.78, 5) is 38.7. The highest BCUT2D eigenvalue weighted by Gasteiger charge is 2.24. The van der Waals surface area contributed by atoms with Gasteiger partial charge in [-0.2, -0.15) is 0 Å². The molecule has 31 heavy (non-hydrogen) atoms. The maximum Gasteiger partial charge on any atom is 0.288 e. The van der Waals surface area contributed by atoms with Crippen LogP contribution in [-0.4, -0.2) is 36.4 Å². The fraction of sp³-hybridized carbons (Fsp3) is 0.0500. The SMILES string of the molecule is CS(=O)(=O)c1ccc(C(=O)Nc2cccc(C(=O)Nc3ccncc3)c2)cc1[N+](=O)[O-]. The van der Waals surface area contributed by atoms with Gasteiger partial charge in [-0.1, -0.05) is 6.07 Å². The van der Waals surface area contributed by atoms with E-state index in [2.05, 4.69) is 15.6 Å². The van der Waals surface area contributed by atoms with Crippen molar-refractivity contribution in [3.05, 3.63) is 88.2 Å². The minimum absolute atomic E-state index is 0.106. The minimum atomic E-state index is -3.84. The molecule has 0 atom stereocenters. The molecule has 3 aromatic rings. The van der Waals surface area contributed by atoms with Crippen LogP contribution in [0.5, 0.6) is 0 Å². The average molecular weight is 440 g/mol. The molecule has 1 heterocycles. The van der Waals surface area contributed by atoms with Crippen LogP contribution in [-0.2, 0) is 9.84 Å². The summed E-state index contributed by atoms with van der Waals surface area (Å²) < 4.78 is 23.4. The number of sulfone groups is 1. The highest BCUT2D eigenvalue weighted by Crippen LogP contribution is 2.25.